The zero-order valence-corrected chi connectivity index (χ0v) is 9.11. The normalized spacial score (nSPS) is 24.4. The summed E-state index contributed by atoms with van der Waals surface area (Å²) in [6.45, 7) is 7.58. The molecular formula is C9H15N3S. The first kappa shape index (κ1) is 8.94. The molecule has 1 unspecified atom stereocenters. The van der Waals surface area contributed by atoms with E-state index in [1.807, 2.05) is 6.92 Å². The first-order valence-electron chi connectivity index (χ1n) is 4.62. The van der Waals surface area contributed by atoms with E-state index < -0.39 is 0 Å². The maximum absolute atomic E-state index is 4.25. The Labute approximate surface area is 82.8 Å². The lowest BCUT2D eigenvalue weighted by atomic mass is 10.1. The van der Waals surface area contributed by atoms with Crippen molar-refractivity contribution in [3.05, 3.63) is 5.82 Å². The van der Waals surface area contributed by atoms with Gasteiger partial charge in [-0.2, -0.15) is 4.37 Å². The van der Waals surface area contributed by atoms with E-state index in [9.17, 15) is 0 Å². The highest BCUT2D eigenvalue weighted by atomic mass is 32.1. The van der Waals surface area contributed by atoms with Crippen molar-refractivity contribution in [2.45, 2.75) is 27.2 Å². The molecule has 1 aromatic rings. The van der Waals surface area contributed by atoms with Gasteiger partial charge in [0.2, 0.25) is 5.13 Å². The first-order chi connectivity index (χ1) is 6.08. The van der Waals surface area contributed by atoms with Gasteiger partial charge in [-0.25, -0.2) is 4.98 Å². The fourth-order valence-electron chi connectivity index (χ4n) is 1.50. The second-order valence-electron chi connectivity index (χ2n) is 4.42. The van der Waals surface area contributed by atoms with Crippen LogP contribution < -0.4 is 5.32 Å². The minimum absolute atomic E-state index is 0.548. The number of aromatic nitrogens is 2. The molecule has 0 bridgehead atoms. The van der Waals surface area contributed by atoms with Crippen LogP contribution in [0.25, 0.3) is 0 Å². The molecule has 72 valence electrons. The molecule has 0 aromatic carbocycles. The Morgan fingerprint density at radius 2 is 2.31 bits per heavy atom. The molecule has 13 heavy (non-hydrogen) atoms. The molecule has 1 aliphatic rings. The molecular weight excluding hydrogens is 182 g/mol. The van der Waals surface area contributed by atoms with Crippen molar-refractivity contribution >= 4 is 16.7 Å². The third-order valence-electron chi connectivity index (χ3n) is 2.74. The van der Waals surface area contributed by atoms with Crippen LogP contribution in [0.2, 0.25) is 0 Å². The van der Waals surface area contributed by atoms with Gasteiger partial charge in [-0.05, 0) is 24.7 Å². The zero-order chi connectivity index (χ0) is 9.47. The molecule has 0 aliphatic heterocycles. The Morgan fingerprint density at radius 1 is 1.62 bits per heavy atom. The fraction of sp³-hybridized carbons (Fsp3) is 0.778. The standard InChI is InChI=1S/C9H15N3S/c1-6-11-8(13-12-6)10-5-7-4-9(7,2)3/h7H,4-5H2,1-3H3,(H,10,11,12). The SMILES string of the molecule is Cc1nsc(NCC2CC2(C)C)n1. The number of nitrogens with zero attached hydrogens (tertiary/aromatic N) is 2. The predicted octanol–water partition coefficient (Wildman–Crippen LogP) is 2.30. The average molecular weight is 197 g/mol. The maximum atomic E-state index is 4.25. The van der Waals surface area contributed by atoms with Crippen molar-refractivity contribution in [3.8, 4) is 0 Å². The number of hydrogen-bond acceptors (Lipinski definition) is 4. The fourth-order valence-corrected chi connectivity index (χ4v) is 2.08. The van der Waals surface area contributed by atoms with Gasteiger partial charge in [0.25, 0.3) is 0 Å². The van der Waals surface area contributed by atoms with Gasteiger partial charge in [0.15, 0.2) is 0 Å². The van der Waals surface area contributed by atoms with Gasteiger partial charge >= 0.3 is 0 Å². The Hall–Kier alpha value is -0.640. The molecule has 0 amide bonds. The van der Waals surface area contributed by atoms with Gasteiger partial charge in [-0.15, -0.1) is 0 Å². The molecule has 1 heterocycles. The molecule has 1 atom stereocenters. The Bertz CT molecular complexity index is 306. The molecule has 0 spiro atoms. The summed E-state index contributed by atoms with van der Waals surface area (Å²) in [7, 11) is 0. The monoisotopic (exact) mass is 197 g/mol. The third kappa shape index (κ3) is 1.99. The van der Waals surface area contributed by atoms with E-state index in [0.717, 1.165) is 23.4 Å². The first-order valence-corrected chi connectivity index (χ1v) is 5.39. The number of aryl methyl sites for hydroxylation is 1. The van der Waals surface area contributed by atoms with Gasteiger partial charge < -0.3 is 5.32 Å². The summed E-state index contributed by atoms with van der Waals surface area (Å²) >= 11 is 1.45. The van der Waals surface area contributed by atoms with Crippen molar-refractivity contribution in [1.29, 1.82) is 0 Å². The molecule has 1 aliphatic carbocycles. The van der Waals surface area contributed by atoms with E-state index in [0.29, 0.717) is 5.41 Å². The van der Waals surface area contributed by atoms with Crippen LogP contribution in [-0.2, 0) is 0 Å². The van der Waals surface area contributed by atoms with Crippen molar-refractivity contribution in [2.24, 2.45) is 11.3 Å². The second kappa shape index (κ2) is 2.94. The Morgan fingerprint density at radius 3 is 2.77 bits per heavy atom. The van der Waals surface area contributed by atoms with E-state index >= 15 is 0 Å². The van der Waals surface area contributed by atoms with Crippen molar-refractivity contribution < 1.29 is 0 Å². The Balaban J connectivity index is 1.81. The van der Waals surface area contributed by atoms with Crippen molar-refractivity contribution in [1.82, 2.24) is 9.36 Å². The molecule has 4 heteroatoms. The molecule has 1 aromatic heterocycles. The van der Waals surface area contributed by atoms with Crippen LogP contribution in [0.15, 0.2) is 0 Å². The summed E-state index contributed by atoms with van der Waals surface area (Å²) < 4.78 is 4.12. The van der Waals surface area contributed by atoms with Crippen LogP contribution in [0.1, 0.15) is 26.1 Å². The highest BCUT2D eigenvalue weighted by Gasteiger charge is 2.45. The number of nitrogens with one attached hydrogen (secondary N) is 1. The van der Waals surface area contributed by atoms with E-state index in [1.165, 1.54) is 18.0 Å². The quantitative estimate of drug-likeness (QED) is 0.808. The topological polar surface area (TPSA) is 37.8 Å². The molecule has 0 radical (unpaired) electrons. The summed E-state index contributed by atoms with van der Waals surface area (Å²) in [6, 6.07) is 0. The maximum Gasteiger partial charge on any atom is 0.202 e. The van der Waals surface area contributed by atoms with Gasteiger partial charge in [0, 0.05) is 18.1 Å². The van der Waals surface area contributed by atoms with Crippen LogP contribution in [0.3, 0.4) is 0 Å². The van der Waals surface area contributed by atoms with E-state index in [-0.39, 0.29) is 0 Å². The van der Waals surface area contributed by atoms with E-state index in [2.05, 4.69) is 28.5 Å². The van der Waals surface area contributed by atoms with Crippen LogP contribution in [0.5, 0.6) is 0 Å². The number of anilines is 1. The molecule has 0 saturated heterocycles. The minimum atomic E-state index is 0.548. The van der Waals surface area contributed by atoms with E-state index in [4.69, 9.17) is 0 Å². The number of rotatable bonds is 3. The lowest BCUT2D eigenvalue weighted by molar-refractivity contribution is 0.573. The highest BCUT2D eigenvalue weighted by molar-refractivity contribution is 7.09. The largest absolute Gasteiger partial charge is 0.360 e. The summed E-state index contributed by atoms with van der Waals surface area (Å²) in [5.41, 5.74) is 0.548. The van der Waals surface area contributed by atoms with Gasteiger partial charge in [-0.1, -0.05) is 13.8 Å². The number of hydrogen-bond donors (Lipinski definition) is 1. The lowest BCUT2D eigenvalue weighted by Gasteiger charge is -2.03. The smallest absolute Gasteiger partial charge is 0.202 e. The lowest BCUT2D eigenvalue weighted by Crippen LogP contribution is -2.06. The van der Waals surface area contributed by atoms with Crippen molar-refractivity contribution in [3.63, 3.8) is 0 Å². The summed E-state index contributed by atoms with van der Waals surface area (Å²) in [5.74, 6) is 1.68. The second-order valence-corrected chi connectivity index (χ2v) is 5.17. The zero-order valence-electron chi connectivity index (χ0n) is 8.29. The summed E-state index contributed by atoms with van der Waals surface area (Å²) in [5, 5.41) is 4.29. The average Bonchev–Trinajstić information content (AvgIpc) is 2.45. The van der Waals surface area contributed by atoms with Crippen LogP contribution in [-0.4, -0.2) is 15.9 Å². The van der Waals surface area contributed by atoms with Gasteiger partial charge in [0.05, 0.1) is 0 Å². The van der Waals surface area contributed by atoms with Crippen LogP contribution >= 0.6 is 11.5 Å². The van der Waals surface area contributed by atoms with Gasteiger partial charge in [0.1, 0.15) is 5.82 Å². The molecule has 1 N–H and O–H groups in total. The summed E-state index contributed by atoms with van der Waals surface area (Å²) in [6.07, 6.45) is 1.33. The molecule has 2 rings (SSSR count). The van der Waals surface area contributed by atoms with Crippen molar-refractivity contribution in [2.75, 3.05) is 11.9 Å². The third-order valence-corrected chi connectivity index (χ3v) is 3.51. The molecule has 3 nitrogen and oxygen atoms in total. The molecule has 1 fully saturated rings. The molecule has 1 saturated carbocycles. The van der Waals surface area contributed by atoms with Crippen LogP contribution in [0.4, 0.5) is 5.13 Å². The van der Waals surface area contributed by atoms with E-state index in [1.54, 1.807) is 0 Å². The predicted molar refractivity (Wildman–Crippen MR) is 55.0 cm³/mol. The Kier molecular flexibility index (Phi) is 2.02. The van der Waals surface area contributed by atoms with Crippen LogP contribution in [0, 0.1) is 18.3 Å². The minimum Gasteiger partial charge on any atom is -0.360 e. The highest BCUT2D eigenvalue weighted by Crippen LogP contribution is 2.51. The summed E-state index contributed by atoms with van der Waals surface area (Å²) in [4.78, 5) is 4.25. The van der Waals surface area contributed by atoms with Gasteiger partial charge in [-0.3, -0.25) is 0 Å².